The number of alkyl halides is 1. The monoisotopic (exact) mass is 270 g/mol. The predicted molar refractivity (Wildman–Crippen MR) is 70.4 cm³/mol. The molecule has 0 fully saturated rings. The van der Waals surface area contributed by atoms with Gasteiger partial charge in [0, 0.05) is 25.8 Å². The van der Waals surface area contributed by atoms with Crippen LogP contribution < -0.4 is 0 Å². The summed E-state index contributed by atoms with van der Waals surface area (Å²) in [6, 6.07) is 4.62. The van der Waals surface area contributed by atoms with Gasteiger partial charge >= 0.3 is 0 Å². The molecule has 0 aliphatic rings. The van der Waals surface area contributed by atoms with Crippen LogP contribution in [0.2, 0.25) is 0 Å². The predicted octanol–water partition coefficient (Wildman–Crippen LogP) is 3.34. The molecule has 0 amide bonds. The largest absolute Gasteiger partial charge is 0.382 e. The zero-order valence-electron chi connectivity index (χ0n) is 10.3. The van der Waals surface area contributed by atoms with Crippen molar-refractivity contribution in [2.45, 2.75) is 25.8 Å². The van der Waals surface area contributed by atoms with Gasteiger partial charge in [-0.1, -0.05) is 0 Å². The minimum absolute atomic E-state index is 0.275. The topological polar surface area (TPSA) is 27.1 Å². The number of halogens is 2. The van der Waals surface area contributed by atoms with E-state index in [0.717, 1.165) is 30.9 Å². The third-order valence-corrected chi connectivity index (χ3v) is 3.02. The Bertz CT molecular complexity index is 527. The third kappa shape index (κ3) is 2.82. The van der Waals surface area contributed by atoms with Crippen LogP contribution in [0.4, 0.5) is 4.39 Å². The fourth-order valence-corrected chi connectivity index (χ4v) is 2.18. The van der Waals surface area contributed by atoms with Crippen molar-refractivity contribution < 1.29 is 9.13 Å². The molecule has 5 heteroatoms. The number of imidazole rings is 1. The van der Waals surface area contributed by atoms with E-state index in [1.165, 1.54) is 12.1 Å². The molecular formula is C13H16ClFN2O. The van der Waals surface area contributed by atoms with Crippen molar-refractivity contribution in [1.29, 1.82) is 0 Å². The lowest BCUT2D eigenvalue weighted by Gasteiger charge is -2.07. The second-order valence-electron chi connectivity index (χ2n) is 4.00. The maximum absolute atomic E-state index is 13.1. The summed E-state index contributed by atoms with van der Waals surface area (Å²) in [5.41, 5.74) is 1.57. The average molecular weight is 271 g/mol. The molecule has 1 aromatic carbocycles. The van der Waals surface area contributed by atoms with Gasteiger partial charge in [-0.3, -0.25) is 0 Å². The molecule has 18 heavy (non-hydrogen) atoms. The Morgan fingerprint density at radius 3 is 3.00 bits per heavy atom. The van der Waals surface area contributed by atoms with Gasteiger partial charge < -0.3 is 9.30 Å². The first-order valence-electron chi connectivity index (χ1n) is 6.04. The Balaban J connectivity index is 2.23. The standard InChI is InChI=1S/C13H16ClFN2O/c1-2-18-7-3-6-17-12-5-4-10(15)8-11(12)16-13(17)9-14/h4-5,8H,2-3,6-7,9H2,1H3. The lowest BCUT2D eigenvalue weighted by Crippen LogP contribution is -2.05. The number of rotatable bonds is 6. The maximum Gasteiger partial charge on any atom is 0.125 e. The molecule has 0 radical (unpaired) electrons. The lowest BCUT2D eigenvalue weighted by atomic mass is 10.3. The first-order chi connectivity index (χ1) is 8.76. The Morgan fingerprint density at radius 1 is 1.44 bits per heavy atom. The van der Waals surface area contributed by atoms with Crippen LogP contribution in [0.15, 0.2) is 18.2 Å². The van der Waals surface area contributed by atoms with Crippen molar-refractivity contribution in [2.75, 3.05) is 13.2 Å². The zero-order valence-corrected chi connectivity index (χ0v) is 11.1. The Hall–Kier alpha value is -1.13. The smallest absolute Gasteiger partial charge is 0.125 e. The molecule has 0 spiro atoms. The summed E-state index contributed by atoms with van der Waals surface area (Å²) >= 11 is 5.88. The number of ether oxygens (including phenoxy) is 1. The van der Waals surface area contributed by atoms with Gasteiger partial charge in [-0.15, -0.1) is 11.6 Å². The number of benzene rings is 1. The zero-order chi connectivity index (χ0) is 13.0. The molecule has 3 nitrogen and oxygen atoms in total. The van der Waals surface area contributed by atoms with Crippen LogP contribution in [0, 0.1) is 5.82 Å². The van der Waals surface area contributed by atoms with Crippen molar-refractivity contribution in [3.63, 3.8) is 0 Å². The molecular weight excluding hydrogens is 255 g/mol. The van der Waals surface area contributed by atoms with Crippen molar-refractivity contribution in [1.82, 2.24) is 9.55 Å². The van der Waals surface area contributed by atoms with E-state index in [9.17, 15) is 4.39 Å². The van der Waals surface area contributed by atoms with E-state index in [1.807, 2.05) is 11.5 Å². The van der Waals surface area contributed by atoms with Crippen LogP contribution in [0.25, 0.3) is 11.0 Å². The van der Waals surface area contributed by atoms with E-state index in [1.54, 1.807) is 6.07 Å². The van der Waals surface area contributed by atoms with E-state index < -0.39 is 0 Å². The third-order valence-electron chi connectivity index (χ3n) is 2.78. The summed E-state index contributed by atoms with van der Waals surface area (Å²) < 4.78 is 20.5. The number of nitrogens with zero attached hydrogens (tertiary/aromatic N) is 2. The van der Waals surface area contributed by atoms with Gasteiger partial charge in [0.25, 0.3) is 0 Å². The second kappa shape index (κ2) is 6.16. The summed E-state index contributed by atoms with van der Waals surface area (Å²) in [7, 11) is 0. The van der Waals surface area contributed by atoms with Gasteiger partial charge in [-0.25, -0.2) is 9.37 Å². The molecule has 0 unspecified atom stereocenters. The fourth-order valence-electron chi connectivity index (χ4n) is 1.97. The second-order valence-corrected chi connectivity index (χ2v) is 4.26. The lowest BCUT2D eigenvalue weighted by molar-refractivity contribution is 0.142. The van der Waals surface area contributed by atoms with Crippen molar-refractivity contribution >= 4 is 22.6 Å². The molecule has 2 rings (SSSR count). The number of aryl methyl sites for hydroxylation is 1. The van der Waals surface area contributed by atoms with Crippen LogP contribution in [-0.2, 0) is 17.2 Å². The molecule has 0 saturated carbocycles. The summed E-state index contributed by atoms with van der Waals surface area (Å²) in [6.07, 6.45) is 0.889. The van der Waals surface area contributed by atoms with Crippen LogP contribution >= 0.6 is 11.6 Å². The van der Waals surface area contributed by atoms with Gasteiger partial charge in [-0.05, 0) is 25.5 Å². The van der Waals surface area contributed by atoms with Gasteiger partial charge in [0.15, 0.2) is 0 Å². The minimum Gasteiger partial charge on any atom is -0.382 e. The molecule has 0 aliphatic heterocycles. The molecule has 0 bridgehead atoms. The molecule has 1 aromatic heterocycles. The molecule has 2 aromatic rings. The SMILES string of the molecule is CCOCCCn1c(CCl)nc2cc(F)ccc21. The molecule has 0 aliphatic carbocycles. The fraction of sp³-hybridized carbons (Fsp3) is 0.462. The molecule has 98 valence electrons. The highest BCUT2D eigenvalue weighted by Gasteiger charge is 2.10. The van der Waals surface area contributed by atoms with E-state index in [-0.39, 0.29) is 5.82 Å². The normalized spacial score (nSPS) is 11.3. The highest BCUT2D eigenvalue weighted by molar-refractivity contribution is 6.16. The number of hydrogen-bond acceptors (Lipinski definition) is 2. The highest BCUT2D eigenvalue weighted by atomic mass is 35.5. The number of fused-ring (bicyclic) bond motifs is 1. The summed E-state index contributed by atoms with van der Waals surface area (Å²) in [6.45, 7) is 4.18. The van der Waals surface area contributed by atoms with E-state index in [4.69, 9.17) is 16.3 Å². The molecule has 1 heterocycles. The summed E-state index contributed by atoms with van der Waals surface area (Å²) in [4.78, 5) is 4.34. The molecule has 0 N–H and O–H groups in total. The van der Waals surface area contributed by atoms with E-state index in [2.05, 4.69) is 4.98 Å². The van der Waals surface area contributed by atoms with Crippen molar-refractivity contribution in [3.8, 4) is 0 Å². The van der Waals surface area contributed by atoms with Gasteiger partial charge in [0.1, 0.15) is 11.6 Å². The van der Waals surface area contributed by atoms with Gasteiger partial charge in [0.05, 0.1) is 16.9 Å². The Morgan fingerprint density at radius 2 is 2.28 bits per heavy atom. The van der Waals surface area contributed by atoms with Gasteiger partial charge in [0.2, 0.25) is 0 Å². The van der Waals surface area contributed by atoms with E-state index in [0.29, 0.717) is 18.0 Å². The Labute approximate surface area is 111 Å². The average Bonchev–Trinajstić information content (AvgIpc) is 2.71. The first kappa shape index (κ1) is 13.3. The van der Waals surface area contributed by atoms with Crippen molar-refractivity contribution in [2.24, 2.45) is 0 Å². The van der Waals surface area contributed by atoms with E-state index >= 15 is 0 Å². The van der Waals surface area contributed by atoms with Crippen LogP contribution in [0.1, 0.15) is 19.2 Å². The quantitative estimate of drug-likeness (QED) is 0.595. The van der Waals surface area contributed by atoms with Crippen LogP contribution in [0.3, 0.4) is 0 Å². The maximum atomic E-state index is 13.1. The van der Waals surface area contributed by atoms with Crippen LogP contribution in [0.5, 0.6) is 0 Å². The van der Waals surface area contributed by atoms with Crippen LogP contribution in [-0.4, -0.2) is 22.8 Å². The van der Waals surface area contributed by atoms with Gasteiger partial charge in [-0.2, -0.15) is 0 Å². The molecule has 0 saturated heterocycles. The number of aromatic nitrogens is 2. The highest BCUT2D eigenvalue weighted by Crippen LogP contribution is 2.19. The summed E-state index contributed by atoms with van der Waals surface area (Å²) in [5.74, 6) is 0.821. The number of hydrogen-bond donors (Lipinski definition) is 0. The minimum atomic E-state index is -0.275. The molecule has 0 atom stereocenters. The summed E-state index contributed by atoms with van der Waals surface area (Å²) in [5, 5.41) is 0. The van der Waals surface area contributed by atoms with Crippen molar-refractivity contribution in [3.05, 3.63) is 29.8 Å². The Kier molecular flexibility index (Phi) is 4.55. The first-order valence-corrected chi connectivity index (χ1v) is 6.58.